The Balaban J connectivity index is 1.85. The second-order valence-corrected chi connectivity index (χ2v) is 6.58. The fraction of sp³-hybridized carbons (Fsp3) is 0.647. The minimum Gasteiger partial charge on any atom is -0.375 e. The van der Waals surface area contributed by atoms with Gasteiger partial charge in [-0.15, -0.1) is 0 Å². The third-order valence-corrected chi connectivity index (χ3v) is 3.94. The van der Waals surface area contributed by atoms with E-state index >= 15 is 0 Å². The first-order chi connectivity index (χ1) is 8.96. The summed E-state index contributed by atoms with van der Waals surface area (Å²) >= 11 is 0. The van der Waals surface area contributed by atoms with Gasteiger partial charge in [-0.1, -0.05) is 38.1 Å². The summed E-state index contributed by atoms with van der Waals surface area (Å²) in [5.74, 6) is 0.610. The quantitative estimate of drug-likeness (QED) is 0.888. The van der Waals surface area contributed by atoms with Crippen LogP contribution >= 0.6 is 0 Å². The maximum atomic E-state index is 5.75. The molecule has 1 saturated heterocycles. The van der Waals surface area contributed by atoms with E-state index in [0.29, 0.717) is 12.0 Å². The molecule has 0 bridgehead atoms. The predicted octanol–water partition coefficient (Wildman–Crippen LogP) is 3.86. The van der Waals surface area contributed by atoms with Crippen LogP contribution in [0.5, 0.6) is 0 Å². The lowest BCUT2D eigenvalue weighted by Crippen LogP contribution is -2.43. The molecule has 1 aromatic rings. The molecule has 0 radical (unpaired) electrons. The van der Waals surface area contributed by atoms with Crippen LogP contribution in [0.2, 0.25) is 0 Å². The van der Waals surface area contributed by atoms with E-state index in [2.05, 4.69) is 57.3 Å². The Morgan fingerprint density at radius 1 is 1.26 bits per heavy atom. The molecule has 1 aliphatic rings. The lowest BCUT2D eigenvalue weighted by Gasteiger charge is -2.36. The zero-order valence-corrected chi connectivity index (χ0v) is 12.7. The van der Waals surface area contributed by atoms with Crippen molar-refractivity contribution in [1.29, 1.82) is 0 Å². The molecular weight excluding hydrogens is 234 g/mol. The molecule has 2 rings (SSSR count). The Morgan fingerprint density at radius 3 is 2.53 bits per heavy atom. The molecule has 1 heterocycles. The van der Waals surface area contributed by atoms with Crippen LogP contribution < -0.4 is 5.32 Å². The Kier molecular flexibility index (Phi) is 4.64. The second-order valence-electron chi connectivity index (χ2n) is 6.58. The summed E-state index contributed by atoms with van der Waals surface area (Å²) in [5.41, 5.74) is 2.81. The van der Waals surface area contributed by atoms with E-state index in [1.165, 1.54) is 11.1 Å². The summed E-state index contributed by atoms with van der Waals surface area (Å²) < 4.78 is 5.75. The third kappa shape index (κ3) is 4.32. The lowest BCUT2D eigenvalue weighted by molar-refractivity contribution is -0.0630. The summed E-state index contributed by atoms with van der Waals surface area (Å²) in [7, 11) is 0. The van der Waals surface area contributed by atoms with Gasteiger partial charge in [-0.3, -0.25) is 0 Å². The van der Waals surface area contributed by atoms with Gasteiger partial charge in [-0.05, 0) is 43.7 Å². The van der Waals surface area contributed by atoms with E-state index < -0.39 is 0 Å². The first-order valence-electron chi connectivity index (χ1n) is 7.42. The Bertz CT molecular complexity index is 394. The Morgan fingerprint density at radius 2 is 1.95 bits per heavy atom. The van der Waals surface area contributed by atoms with Crippen molar-refractivity contribution in [3.05, 3.63) is 35.4 Å². The average molecular weight is 261 g/mol. The SMILES string of the molecule is CC(C)c1ccc(CNC2CCOC(C)(C)C2)cc1. The van der Waals surface area contributed by atoms with Gasteiger partial charge in [0.05, 0.1) is 5.60 Å². The zero-order chi connectivity index (χ0) is 13.9. The molecule has 0 amide bonds. The second kappa shape index (κ2) is 6.06. The first-order valence-corrected chi connectivity index (χ1v) is 7.42. The van der Waals surface area contributed by atoms with E-state index in [9.17, 15) is 0 Å². The third-order valence-electron chi connectivity index (χ3n) is 3.94. The van der Waals surface area contributed by atoms with E-state index in [0.717, 1.165) is 26.0 Å². The number of rotatable bonds is 4. The number of benzene rings is 1. The number of nitrogens with one attached hydrogen (secondary N) is 1. The molecule has 0 aliphatic carbocycles. The van der Waals surface area contributed by atoms with Crippen molar-refractivity contribution < 1.29 is 4.74 Å². The van der Waals surface area contributed by atoms with Crippen LogP contribution in [0.4, 0.5) is 0 Å². The molecular formula is C17H27NO. The maximum Gasteiger partial charge on any atom is 0.0641 e. The summed E-state index contributed by atoms with van der Waals surface area (Å²) in [6.45, 7) is 10.7. The summed E-state index contributed by atoms with van der Waals surface area (Å²) in [5, 5.41) is 3.66. The van der Waals surface area contributed by atoms with Crippen LogP contribution in [-0.4, -0.2) is 18.2 Å². The van der Waals surface area contributed by atoms with Gasteiger partial charge in [0, 0.05) is 19.2 Å². The molecule has 1 aliphatic heterocycles. The molecule has 0 saturated carbocycles. The van der Waals surface area contributed by atoms with Gasteiger partial charge in [0.25, 0.3) is 0 Å². The number of hydrogen-bond donors (Lipinski definition) is 1. The van der Waals surface area contributed by atoms with Crippen molar-refractivity contribution >= 4 is 0 Å². The Labute approximate surface area is 117 Å². The van der Waals surface area contributed by atoms with Gasteiger partial charge in [0.2, 0.25) is 0 Å². The lowest BCUT2D eigenvalue weighted by atomic mass is 9.94. The molecule has 1 unspecified atom stereocenters. The van der Waals surface area contributed by atoms with Crippen LogP contribution in [0.1, 0.15) is 57.6 Å². The highest BCUT2D eigenvalue weighted by Gasteiger charge is 2.28. The van der Waals surface area contributed by atoms with Crippen molar-refractivity contribution in [1.82, 2.24) is 5.32 Å². The normalized spacial score (nSPS) is 22.7. The zero-order valence-electron chi connectivity index (χ0n) is 12.7. The molecule has 0 spiro atoms. The molecule has 1 aromatic carbocycles. The van der Waals surface area contributed by atoms with Crippen LogP contribution in [0, 0.1) is 0 Å². The van der Waals surface area contributed by atoms with Gasteiger partial charge in [-0.25, -0.2) is 0 Å². The van der Waals surface area contributed by atoms with Gasteiger partial charge >= 0.3 is 0 Å². The fourth-order valence-electron chi connectivity index (χ4n) is 2.69. The molecule has 1 atom stereocenters. The molecule has 2 heteroatoms. The topological polar surface area (TPSA) is 21.3 Å². The van der Waals surface area contributed by atoms with E-state index in [1.807, 2.05) is 0 Å². The molecule has 1 N–H and O–H groups in total. The van der Waals surface area contributed by atoms with Gasteiger partial charge in [0.15, 0.2) is 0 Å². The highest BCUT2D eigenvalue weighted by molar-refractivity contribution is 5.24. The standard InChI is InChI=1S/C17H27NO/c1-13(2)15-7-5-14(6-8-15)12-18-16-9-10-19-17(3,4)11-16/h5-8,13,16,18H,9-12H2,1-4H3. The van der Waals surface area contributed by atoms with Crippen LogP contribution in [-0.2, 0) is 11.3 Å². The molecule has 0 aromatic heterocycles. The maximum absolute atomic E-state index is 5.75. The summed E-state index contributed by atoms with van der Waals surface area (Å²) in [4.78, 5) is 0. The van der Waals surface area contributed by atoms with Gasteiger partial charge in [0.1, 0.15) is 0 Å². The minimum atomic E-state index is 0.0252. The number of hydrogen-bond acceptors (Lipinski definition) is 2. The number of ether oxygens (including phenoxy) is 1. The van der Waals surface area contributed by atoms with Crippen molar-refractivity contribution in [2.45, 2.75) is 64.6 Å². The van der Waals surface area contributed by atoms with Gasteiger partial charge < -0.3 is 10.1 Å². The Hall–Kier alpha value is -0.860. The predicted molar refractivity (Wildman–Crippen MR) is 80.4 cm³/mol. The largest absolute Gasteiger partial charge is 0.375 e. The van der Waals surface area contributed by atoms with Crippen molar-refractivity contribution in [3.8, 4) is 0 Å². The first kappa shape index (κ1) is 14.5. The summed E-state index contributed by atoms with van der Waals surface area (Å²) in [6, 6.07) is 9.55. The van der Waals surface area contributed by atoms with E-state index in [1.54, 1.807) is 0 Å². The molecule has 1 fully saturated rings. The van der Waals surface area contributed by atoms with Gasteiger partial charge in [-0.2, -0.15) is 0 Å². The van der Waals surface area contributed by atoms with E-state index in [4.69, 9.17) is 4.74 Å². The molecule has 19 heavy (non-hydrogen) atoms. The average Bonchev–Trinajstić information content (AvgIpc) is 2.36. The fourth-order valence-corrected chi connectivity index (χ4v) is 2.69. The van der Waals surface area contributed by atoms with Crippen molar-refractivity contribution in [2.24, 2.45) is 0 Å². The highest BCUT2D eigenvalue weighted by atomic mass is 16.5. The van der Waals surface area contributed by atoms with Crippen LogP contribution in [0.25, 0.3) is 0 Å². The summed E-state index contributed by atoms with van der Waals surface area (Å²) in [6.07, 6.45) is 2.21. The van der Waals surface area contributed by atoms with Crippen molar-refractivity contribution in [2.75, 3.05) is 6.61 Å². The highest BCUT2D eigenvalue weighted by Crippen LogP contribution is 2.24. The van der Waals surface area contributed by atoms with Crippen molar-refractivity contribution in [3.63, 3.8) is 0 Å². The smallest absolute Gasteiger partial charge is 0.0641 e. The monoisotopic (exact) mass is 261 g/mol. The minimum absolute atomic E-state index is 0.0252. The van der Waals surface area contributed by atoms with Crippen LogP contribution in [0.3, 0.4) is 0 Å². The molecule has 106 valence electrons. The van der Waals surface area contributed by atoms with E-state index in [-0.39, 0.29) is 5.60 Å². The van der Waals surface area contributed by atoms with Crippen LogP contribution in [0.15, 0.2) is 24.3 Å². The molecule has 2 nitrogen and oxygen atoms in total.